The molecule has 0 radical (unpaired) electrons. The number of nitrogens with one attached hydrogen (secondary N) is 3. The maximum atomic E-state index is 14.9. The molecule has 3 heterocycles. The molecule has 1 unspecified atom stereocenters. The van der Waals surface area contributed by atoms with Gasteiger partial charge in [-0.1, -0.05) is 0 Å². The van der Waals surface area contributed by atoms with Gasteiger partial charge in [-0.15, -0.1) is 0 Å². The van der Waals surface area contributed by atoms with Gasteiger partial charge in [0.2, 0.25) is 10.0 Å². The number of halogens is 1. The number of hydrogen-bond donors (Lipinski definition) is 5. The Labute approximate surface area is 203 Å². The fourth-order valence-electron chi connectivity index (χ4n) is 4.25. The number of anilines is 1. The Bertz CT molecular complexity index is 1300. The van der Waals surface area contributed by atoms with Crippen molar-refractivity contribution in [3.63, 3.8) is 0 Å². The molecule has 4 rings (SSSR count). The zero-order valence-electron chi connectivity index (χ0n) is 19.2. The highest BCUT2D eigenvalue weighted by Crippen LogP contribution is 2.62. The topological polar surface area (TPSA) is 165 Å². The van der Waals surface area contributed by atoms with E-state index >= 15 is 0 Å². The van der Waals surface area contributed by atoms with Crippen molar-refractivity contribution in [1.82, 2.24) is 14.6 Å². The molecular weight excluding hydrogens is 501 g/mol. The summed E-state index contributed by atoms with van der Waals surface area (Å²) in [6.45, 7) is 1.03. The van der Waals surface area contributed by atoms with Gasteiger partial charge in [0, 0.05) is 24.3 Å². The second kappa shape index (κ2) is 8.41. The lowest BCUT2D eigenvalue weighted by Gasteiger charge is -2.64. The average Bonchev–Trinajstić information content (AvgIpc) is 2.71. The van der Waals surface area contributed by atoms with Crippen LogP contribution in [-0.2, 0) is 15.6 Å². The number of carbonyl (C=O) groups excluding carboxylic acids is 1. The van der Waals surface area contributed by atoms with Crippen LogP contribution >= 0.6 is 10.6 Å². The molecule has 1 spiro atoms. The molecule has 2 aliphatic rings. The SMILES string of the molecule is COc1ccc(C(=O)Nc2ccc(F)c(C3(C)CS(O)(O)C4(CN(S(C)(=O)=O)C4)C(=N)N3)c2)nc1. The number of nitrogens with zero attached hydrogens (tertiary/aromatic N) is 2. The monoisotopic (exact) mass is 527 g/mol. The minimum absolute atomic E-state index is 0.0110. The zero-order valence-corrected chi connectivity index (χ0v) is 20.8. The summed E-state index contributed by atoms with van der Waals surface area (Å²) < 4.78 is 65.2. The number of amidine groups is 1. The van der Waals surface area contributed by atoms with E-state index in [1.165, 1.54) is 38.4 Å². The summed E-state index contributed by atoms with van der Waals surface area (Å²) in [5, 5.41) is 14.0. The molecule has 14 heteroatoms. The summed E-state index contributed by atoms with van der Waals surface area (Å²) in [5.74, 6) is -1.37. The van der Waals surface area contributed by atoms with E-state index in [4.69, 9.17) is 10.1 Å². The third-order valence-electron chi connectivity index (χ3n) is 6.33. The molecule has 2 aliphatic heterocycles. The first-order valence-corrected chi connectivity index (χ1v) is 14.0. The first-order valence-electron chi connectivity index (χ1n) is 10.4. The number of ether oxygens (including phenoxy) is 1. The van der Waals surface area contributed by atoms with Crippen LogP contribution in [0, 0.1) is 11.2 Å². The number of rotatable bonds is 5. The van der Waals surface area contributed by atoms with Crippen LogP contribution in [0.3, 0.4) is 0 Å². The third kappa shape index (κ3) is 4.36. The van der Waals surface area contributed by atoms with Crippen LogP contribution in [0.2, 0.25) is 0 Å². The number of aromatic nitrogens is 1. The van der Waals surface area contributed by atoms with E-state index in [1.807, 2.05) is 0 Å². The van der Waals surface area contributed by atoms with Crippen LogP contribution in [0.25, 0.3) is 0 Å². The zero-order chi connectivity index (χ0) is 25.8. The second-order valence-electron chi connectivity index (χ2n) is 8.90. The maximum Gasteiger partial charge on any atom is 0.274 e. The van der Waals surface area contributed by atoms with Gasteiger partial charge in [0.15, 0.2) is 0 Å². The molecule has 0 aliphatic carbocycles. The highest BCUT2D eigenvalue weighted by atomic mass is 32.3. The van der Waals surface area contributed by atoms with Gasteiger partial charge in [0.1, 0.15) is 27.8 Å². The average molecular weight is 528 g/mol. The second-order valence-corrected chi connectivity index (χ2v) is 13.3. The van der Waals surface area contributed by atoms with Crippen molar-refractivity contribution in [2.45, 2.75) is 17.2 Å². The Kier molecular flexibility index (Phi) is 6.08. The molecule has 190 valence electrons. The summed E-state index contributed by atoms with van der Waals surface area (Å²) in [6, 6.07) is 6.88. The Balaban J connectivity index is 1.58. The molecule has 5 N–H and O–H groups in total. The summed E-state index contributed by atoms with van der Waals surface area (Å²) in [7, 11) is -5.64. The standard InChI is InChI=1S/C21H26FN5O6S2/c1-20(12-35(31,32)21(19(23)26-20)10-27(11-21)34(3,29)30)15-8-13(4-6-16(15)22)25-18(28)17-7-5-14(33-2)9-24-17/h4-9,31-32H,10-12H2,1-3H3,(H2,23,26)(H,25,28). The van der Waals surface area contributed by atoms with Crippen molar-refractivity contribution in [2.75, 3.05) is 37.5 Å². The Morgan fingerprint density at radius 2 is 2.00 bits per heavy atom. The molecule has 2 aromatic rings. The van der Waals surface area contributed by atoms with Crippen molar-refractivity contribution in [3.05, 3.63) is 53.6 Å². The summed E-state index contributed by atoms with van der Waals surface area (Å²) in [4.78, 5) is 16.6. The third-order valence-corrected chi connectivity index (χ3v) is 10.2. The van der Waals surface area contributed by atoms with Gasteiger partial charge in [-0.3, -0.25) is 19.3 Å². The molecule has 11 nitrogen and oxygen atoms in total. The highest BCUT2D eigenvalue weighted by molar-refractivity contribution is 8.26. The number of methoxy groups -OCH3 is 1. The fourth-order valence-corrected chi connectivity index (χ4v) is 7.74. The number of benzene rings is 1. The lowest BCUT2D eigenvalue weighted by molar-refractivity contribution is 0.102. The van der Waals surface area contributed by atoms with Gasteiger partial charge >= 0.3 is 0 Å². The van der Waals surface area contributed by atoms with Gasteiger partial charge in [0.05, 0.1) is 30.9 Å². The molecule has 1 aromatic heterocycles. The van der Waals surface area contributed by atoms with E-state index in [9.17, 15) is 26.7 Å². The van der Waals surface area contributed by atoms with Crippen LogP contribution < -0.4 is 15.4 Å². The van der Waals surface area contributed by atoms with Crippen LogP contribution in [0.5, 0.6) is 5.75 Å². The first-order chi connectivity index (χ1) is 16.2. The number of sulfonamides is 1. The van der Waals surface area contributed by atoms with Crippen LogP contribution in [0.4, 0.5) is 10.1 Å². The Morgan fingerprint density at radius 3 is 2.54 bits per heavy atom. The minimum atomic E-state index is -3.56. The van der Waals surface area contributed by atoms with Gasteiger partial charge in [-0.05, 0) is 37.3 Å². The van der Waals surface area contributed by atoms with Crippen molar-refractivity contribution in [2.24, 2.45) is 0 Å². The van der Waals surface area contributed by atoms with Crippen LogP contribution in [-0.4, -0.2) is 75.5 Å². The smallest absolute Gasteiger partial charge is 0.274 e. The van der Waals surface area contributed by atoms with Gasteiger partial charge < -0.3 is 15.4 Å². The van der Waals surface area contributed by atoms with Crippen LogP contribution in [0.15, 0.2) is 36.5 Å². The summed E-state index contributed by atoms with van der Waals surface area (Å²) in [6.07, 6.45) is 2.39. The van der Waals surface area contributed by atoms with Gasteiger partial charge in [0.25, 0.3) is 5.91 Å². The van der Waals surface area contributed by atoms with E-state index in [2.05, 4.69) is 15.6 Å². The predicted octanol–water partition coefficient (Wildman–Crippen LogP) is 2.04. The van der Waals surface area contributed by atoms with Crippen molar-refractivity contribution in [3.8, 4) is 5.75 Å². The van der Waals surface area contributed by atoms with E-state index in [0.717, 1.165) is 16.6 Å². The van der Waals surface area contributed by atoms with E-state index in [0.29, 0.717) is 5.75 Å². The highest BCUT2D eigenvalue weighted by Gasteiger charge is 2.63. The Morgan fingerprint density at radius 1 is 1.31 bits per heavy atom. The first kappa shape index (κ1) is 25.3. The van der Waals surface area contributed by atoms with E-state index in [1.54, 1.807) is 6.07 Å². The molecule has 0 bridgehead atoms. The van der Waals surface area contributed by atoms with Crippen molar-refractivity contribution in [1.29, 1.82) is 5.41 Å². The summed E-state index contributed by atoms with van der Waals surface area (Å²) in [5.41, 5.74) is -1.05. The Hall–Kier alpha value is -2.78. The number of pyridine rings is 1. The normalized spacial score (nSPS) is 24.2. The van der Waals surface area contributed by atoms with Crippen molar-refractivity contribution < 1.29 is 31.4 Å². The number of hydrogen-bond acceptors (Lipinski definition) is 8. The fraction of sp³-hybridized carbons (Fsp3) is 0.381. The minimum Gasteiger partial charge on any atom is -0.495 e. The molecule has 1 amide bonds. The number of carbonyl (C=O) groups is 1. The van der Waals surface area contributed by atoms with Crippen LogP contribution in [0.1, 0.15) is 23.0 Å². The predicted molar refractivity (Wildman–Crippen MR) is 130 cm³/mol. The van der Waals surface area contributed by atoms with E-state index < -0.39 is 42.6 Å². The molecule has 35 heavy (non-hydrogen) atoms. The van der Waals surface area contributed by atoms with Crippen molar-refractivity contribution >= 4 is 38.0 Å². The molecular formula is C21H26FN5O6S2. The molecule has 2 saturated heterocycles. The molecule has 2 fully saturated rings. The quantitative estimate of drug-likeness (QED) is 0.394. The molecule has 1 aromatic carbocycles. The molecule has 1 atom stereocenters. The van der Waals surface area contributed by atoms with E-state index in [-0.39, 0.29) is 41.6 Å². The lowest BCUT2D eigenvalue weighted by atomic mass is 9.89. The molecule has 0 saturated carbocycles. The number of amides is 1. The van der Waals surface area contributed by atoms with Gasteiger partial charge in [-0.2, -0.15) is 14.9 Å². The largest absolute Gasteiger partial charge is 0.495 e. The van der Waals surface area contributed by atoms with Gasteiger partial charge in [-0.25, -0.2) is 17.8 Å². The maximum absolute atomic E-state index is 14.9. The lowest BCUT2D eigenvalue weighted by Crippen LogP contribution is -2.76. The summed E-state index contributed by atoms with van der Waals surface area (Å²) >= 11 is 0.